The summed E-state index contributed by atoms with van der Waals surface area (Å²) in [6, 6.07) is 0.200. The van der Waals surface area contributed by atoms with Gasteiger partial charge in [-0.25, -0.2) is 9.97 Å². The van der Waals surface area contributed by atoms with Crippen LogP contribution >= 0.6 is 11.6 Å². The molecule has 0 saturated carbocycles. The fourth-order valence-electron chi connectivity index (χ4n) is 0.995. The Bertz CT molecular complexity index is 368. The lowest BCUT2D eigenvalue weighted by Gasteiger charge is -2.08. The maximum atomic E-state index is 10.5. The maximum Gasteiger partial charge on any atom is 0.307 e. The second-order valence-corrected chi connectivity index (χ2v) is 3.74. The van der Waals surface area contributed by atoms with Crippen molar-refractivity contribution >= 4 is 23.5 Å². The van der Waals surface area contributed by atoms with E-state index in [1.54, 1.807) is 0 Å². The van der Waals surface area contributed by atoms with E-state index >= 15 is 0 Å². The fraction of sp³-hybridized carbons (Fsp3) is 0.444. The third-order valence-electron chi connectivity index (χ3n) is 1.57. The highest BCUT2D eigenvalue weighted by Crippen LogP contribution is 2.14. The number of aliphatic carboxylic acids is 1. The third kappa shape index (κ3) is 3.71. The molecule has 0 radical (unpaired) electrons. The number of nitrogens with zero attached hydrogens (tertiary/aromatic N) is 2. The Hall–Kier alpha value is -1.36. The lowest BCUT2D eigenvalue weighted by molar-refractivity contribution is -0.136. The fourth-order valence-corrected chi connectivity index (χ4v) is 1.19. The zero-order valence-corrected chi connectivity index (χ0v) is 9.25. The molecule has 1 aromatic rings. The van der Waals surface area contributed by atoms with Gasteiger partial charge in [0.15, 0.2) is 0 Å². The second kappa shape index (κ2) is 4.93. The van der Waals surface area contributed by atoms with Crippen LogP contribution < -0.4 is 5.32 Å². The van der Waals surface area contributed by atoms with Crippen molar-refractivity contribution in [1.82, 2.24) is 9.97 Å². The van der Waals surface area contributed by atoms with E-state index in [1.807, 2.05) is 13.8 Å². The molecule has 5 nitrogen and oxygen atoms in total. The van der Waals surface area contributed by atoms with Gasteiger partial charge < -0.3 is 10.4 Å². The van der Waals surface area contributed by atoms with Crippen molar-refractivity contribution in [3.05, 3.63) is 16.9 Å². The number of hydrogen-bond acceptors (Lipinski definition) is 4. The van der Waals surface area contributed by atoms with E-state index in [1.165, 1.54) is 6.20 Å². The summed E-state index contributed by atoms with van der Waals surface area (Å²) >= 11 is 5.80. The molecule has 15 heavy (non-hydrogen) atoms. The molecule has 0 fully saturated rings. The van der Waals surface area contributed by atoms with Gasteiger partial charge in [0.05, 0.1) is 6.42 Å². The van der Waals surface area contributed by atoms with Gasteiger partial charge in [0.25, 0.3) is 0 Å². The molecule has 0 aromatic carbocycles. The monoisotopic (exact) mass is 229 g/mol. The molecule has 0 bridgehead atoms. The Labute approximate surface area is 92.5 Å². The Morgan fingerprint density at radius 2 is 2.33 bits per heavy atom. The Morgan fingerprint density at radius 3 is 2.80 bits per heavy atom. The third-order valence-corrected chi connectivity index (χ3v) is 1.90. The molecule has 0 saturated heterocycles. The summed E-state index contributed by atoms with van der Waals surface area (Å²) in [5, 5.41) is 11.7. The number of anilines is 1. The van der Waals surface area contributed by atoms with Crippen molar-refractivity contribution in [3.8, 4) is 0 Å². The van der Waals surface area contributed by atoms with Crippen LogP contribution in [-0.2, 0) is 11.2 Å². The lowest BCUT2D eigenvalue weighted by Crippen LogP contribution is -2.13. The van der Waals surface area contributed by atoms with Gasteiger partial charge in [-0.05, 0) is 13.8 Å². The number of nitrogens with one attached hydrogen (secondary N) is 1. The first-order valence-electron chi connectivity index (χ1n) is 4.48. The average molecular weight is 230 g/mol. The molecule has 0 aliphatic heterocycles. The van der Waals surface area contributed by atoms with Crippen LogP contribution in [-0.4, -0.2) is 27.1 Å². The van der Waals surface area contributed by atoms with Crippen LogP contribution in [0.3, 0.4) is 0 Å². The van der Waals surface area contributed by atoms with Gasteiger partial charge in [-0.15, -0.1) is 0 Å². The molecule has 2 N–H and O–H groups in total. The van der Waals surface area contributed by atoms with Gasteiger partial charge in [0.2, 0.25) is 5.95 Å². The summed E-state index contributed by atoms with van der Waals surface area (Å²) in [5.41, 5.74) is 0.415. The zero-order chi connectivity index (χ0) is 11.4. The largest absolute Gasteiger partial charge is 0.481 e. The SMILES string of the molecule is CC(C)Nc1ncc(CC(=O)O)c(Cl)n1. The van der Waals surface area contributed by atoms with Gasteiger partial charge in [0.1, 0.15) is 5.15 Å². The van der Waals surface area contributed by atoms with Crippen molar-refractivity contribution in [2.24, 2.45) is 0 Å². The van der Waals surface area contributed by atoms with Crippen LogP contribution in [0, 0.1) is 0 Å². The molecule has 0 aliphatic carbocycles. The van der Waals surface area contributed by atoms with Gasteiger partial charge in [-0.1, -0.05) is 11.6 Å². The van der Waals surface area contributed by atoms with E-state index < -0.39 is 5.97 Å². The predicted molar refractivity (Wildman–Crippen MR) is 57.1 cm³/mol. The molecule has 0 amide bonds. The molecule has 0 atom stereocenters. The van der Waals surface area contributed by atoms with Crippen LogP contribution in [0.2, 0.25) is 5.15 Å². The van der Waals surface area contributed by atoms with Crippen molar-refractivity contribution in [1.29, 1.82) is 0 Å². The minimum absolute atomic E-state index is 0.166. The van der Waals surface area contributed by atoms with Crippen molar-refractivity contribution in [3.63, 3.8) is 0 Å². The van der Waals surface area contributed by atoms with Gasteiger partial charge >= 0.3 is 5.97 Å². The molecular formula is C9H12ClN3O2. The van der Waals surface area contributed by atoms with Crippen molar-refractivity contribution in [2.75, 3.05) is 5.32 Å². The van der Waals surface area contributed by atoms with E-state index in [-0.39, 0.29) is 17.6 Å². The number of hydrogen-bond donors (Lipinski definition) is 2. The number of carboxylic acids is 1. The van der Waals surface area contributed by atoms with E-state index in [9.17, 15) is 4.79 Å². The van der Waals surface area contributed by atoms with Crippen LogP contribution in [0.5, 0.6) is 0 Å². The molecule has 82 valence electrons. The van der Waals surface area contributed by atoms with Crippen LogP contribution in [0.1, 0.15) is 19.4 Å². The summed E-state index contributed by atoms with van der Waals surface area (Å²) in [6.07, 6.45) is 1.26. The first kappa shape index (κ1) is 11.7. The summed E-state index contributed by atoms with van der Waals surface area (Å²) in [4.78, 5) is 18.4. The molecule has 0 unspecified atom stereocenters. The Balaban J connectivity index is 2.83. The number of carboxylic acid groups (broad SMARTS) is 1. The molecular weight excluding hydrogens is 218 g/mol. The number of aromatic nitrogens is 2. The van der Waals surface area contributed by atoms with Gasteiger partial charge in [-0.3, -0.25) is 4.79 Å². The average Bonchev–Trinajstić information content (AvgIpc) is 2.08. The van der Waals surface area contributed by atoms with Gasteiger partial charge in [-0.2, -0.15) is 0 Å². The summed E-state index contributed by atoms with van der Waals surface area (Å²) < 4.78 is 0. The summed E-state index contributed by atoms with van der Waals surface area (Å²) in [6.45, 7) is 3.89. The minimum Gasteiger partial charge on any atom is -0.481 e. The molecule has 0 spiro atoms. The van der Waals surface area contributed by atoms with Crippen molar-refractivity contribution < 1.29 is 9.90 Å². The predicted octanol–water partition coefficient (Wildman–Crippen LogP) is 1.58. The van der Waals surface area contributed by atoms with E-state index in [0.29, 0.717) is 11.5 Å². The first-order chi connectivity index (χ1) is 6.99. The number of halogens is 1. The highest BCUT2D eigenvalue weighted by atomic mass is 35.5. The molecule has 0 aliphatic rings. The van der Waals surface area contributed by atoms with Crippen molar-refractivity contribution in [2.45, 2.75) is 26.3 Å². The van der Waals surface area contributed by atoms with E-state index in [0.717, 1.165) is 0 Å². The first-order valence-corrected chi connectivity index (χ1v) is 4.86. The maximum absolute atomic E-state index is 10.5. The molecule has 1 rings (SSSR count). The van der Waals surface area contributed by atoms with Crippen LogP contribution in [0.4, 0.5) is 5.95 Å². The Kier molecular flexibility index (Phi) is 3.85. The topological polar surface area (TPSA) is 75.1 Å². The Morgan fingerprint density at radius 1 is 1.67 bits per heavy atom. The van der Waals surface area contributed by atoms with Gasteiger partial charge in [0, 0.05) is 17.8 Å². The second-order valence-electron chi connectivity index (χ2n) is 3.38. The lowest BCUT2D eigenvalue weighted by atomic mass is 10.2. The van der Waals surface area contributed by atoms with E-state index in [2.05, 4.69) is 15.3 Å². The van der Waals surface area contributed by atoms with E-state index in [4.69, 9.17) is 16.7 Å². The highest BCUT2D eigenvalue weighted by molar-refractivity contribution is 6.30. The van der Waals surface area contributed by atoms with Crippen LogP contribution in [0.25, 0.3) is 0 Å². The normalized spacial score (nSPS) is 10.4. The standard InChI is InChI=1S/C9H12ClN3O2/c1-5(2)12-9-11-4-6(3-7(14)15)8(10)13-9/h4-5H,3H2,1-2H3,(H,14,15)(H,11,12,13). The number of carbonyl (C=O) groups is 1. The molecule has 1 aromatic heterocycles. The van der Waals surface area contributed by atoms with Crippen LogP contribution in [0.15, 0.2) is 6.20 Å². The molecule has 1 heterocycles. The quantitative estimate of drug-likeness (QED) is 0.767. The highest BCUT2D eigenvalue weighted by Gasteiger charge is 2.08. The summed E-state index contributed by atoms with van der Waals surface area (Å²) in [5.74, 6) is -0.547. The molecule has 6 heteroatoms. The minimum atomic E-state index is -0.954. The zero-order valence-electron chi connectivity index (χ0n) is 8.49. The number of rotatable bonds is 4. The smallest absolute Gasteiger partial charge is 0.307 e. The summed E-state index contributed by atoms with van der Waals surface area (Å²) in [7, 11) is 0.